The Morgan fingerprint density at radius 2 is 2.10 bits per heavy atom. The van der Waals surface area contributed by atoms with E-state index < -0.39 is 5.25 Å². The first-order chi connectivity index (χ1) is 4.56. The Balaban J connectivity index is 3.04. The predicted molar refractivity (Wildman–Crippen MR) is 38.9 cm³/mol. The van der Waals surface area contributed by atoms with Gasteiger partial charge in [-0.05, 0) is 6.92 Å². The van der Waals surface area contributed by atoms with Gasteiger partial charge in [0.2, 0.25) is 5.25 Å². The largest absolute Gasteiger partial charge is 0.379 e. The number of hydrogen-bond acceptors (Lipinski definition) is 3. The van der Waals surface area contributed by atoms with E-state index in [0.29, 0.717) is 19.8 Å². The fourth-order valence-corrected chi connectivity index (χ4v) is 0.508. The molecule has 0 heterocycles. The highest BCUT2D eigenvalue weighted by atomic mass is 35.5. The van der Waals surface area contributed by atoms with E-state index in [9.17, 15) is 0 Å². The van der Waals surface area contributed by atoms with Crippen LogP contribution in [-0.2, 0) is 9.47 Å². The molecule has 1 N–H and O–H groups in total. The van der Waals surface area contributed by atoms with E-state index in [1.54, 1.807) is 0 Å². The average molecular weight is 169 g/mol. The van der Waals surface area contributed by atoms with E-state index in [0.717, 1.165) is 0 Å². The highest BCUT2D eigenvalue weighted by molar-refractivity contribution is 6.21. The maximum Gasteiger partial charge on any atom is 0.242 e. The van der Waals surface area contributed by atoms with Gasteiger partial charge in [-0.1, -0.05) is 11.6 Å². The number of rotatable bonds is 5. The fourth-order valence-electron chi connectivity index (χ4n) is 0.431. The molecule has 0 amide bonds. The van der Waals surface area contributed by atoms with Gasteiger partial charge in [-0.3, -0.25) is 0 Å². The molecule has 0 spiro atoms. The van der Waals surface area contributed by atoms with E-state index in [-0.39, 0.29) is 0 Å². The molecule has 62 valence electrons. The van der Waals surface area contributed by atoms with Crippen LogP contribution < -0.4 is 0 Å². The van der Waals surface area contributed by atoms with Crippen LogP contribution in [0.3, 0.4) is 0 Å². The standard InChI is InChI=1S/C6H13ClO3/c1-3-9-4-5-10-6(2,7)8/h8H,3-5H2,1-2H3. The molecule has 0 aromatic heterocycles. The van der Waals surface area contributed by atoms with Gasteiger partial charge in [0, 0.05) is 13.5 Å². The van der Waals surface area contributed by atoms with Crippen molar-refractivity contribution in [3.05, 3.63) is 0 Å². The van der Waals surface area contributed by atoms with Crippen LogP contribution >= 0.6 is 11.6 Å². The van der Waals surface area contributed by atoms with Crippen molar-refractivity contribution >= 4 is 11.6 Å². The number of halogens is 1. The first-order valence-electron chi connectivity index (χ1n) is 3.19. The fraction of sp³-hybridized carbons (Fsp3) is 1.00. The molecule has 0 saturated heterocycles. The molecule has 10 heavy (non-hydrogen) atoms. The molecule has 0 fully saturated rings. The molecule has 0 aromatic carbocycles. The van der Waals surface area contributed by atoms with Crippen molar-refractivity contribution in [2.45, 2.75) is 19.1 Å². The molecule has 0 saturated carbocycles. The smallest absolute Gasteiger partial charge is 0.242 e. The molecule has 0 aromatic rings. The lowest BCUT2D eigenvalue weighted by Gasteiger charge is -2.14. The van der Waals surface area contributed by atoms with Crippen molar-refractivity contribution in [2.24, 2.45) is 0 Å². The number of ether oxygens (including phenoxy) is 2. The summed E-state index contributed by atoms with van der Waals surface area (Å²) in [6.45, 7) is 4.66. The van der Waals surface area contributed by atoms with E-state index in [1.807, 2.05) is 6.92 Å². The lowest BCUT2D eigenvalue weighted by Crippen LogP contribution is -2.22. The third-order valence-electron chi connectivity index (χ3n) is 0.797. The van der Waals surface area contributed by atoms with Crippen LogP contribution in [0.15, 0.2) is 0 Å². The molecular formula is C6H13ClO3. The maximum absolute atomic E-state index is 8.80. The van der Waals surface area contributed by atoms with Crippen molar-refractivity contribution in [3.63, 3.8) is 0 Å². The van der Waals surface area contributed by atoms with Crippen molar-refractivity contribution < 1.29 is 14.6 Å². The van der Waals surface area contributed by atoms with E-state index in [2.05, 4.69) is 0 Å². The quantitative estimate of drug-likeness (QED) is 0.377. The van der Waals surface area contributed by atoms with Gasteiger partial charge in [-0.25, -0.2) is 0 Å². The SMILES string of the molecule is CCOCCOC(C)(O)Cl. The minimum atomic E-state index is -1.56. The lowest BCUT2D eigenvalue weighted by atomic mass is 10.7. The highest BCUT2D eigenvalue weighted by Gasteiger charge is 2.14. The summed E-state index contributed by atoms with van der Waals surface area (Å²) in [7, 11) is 0. The zero-order valence-corrected chi connectivity index (χ0v) is 7.02. The molecule has 0 radical (unpaired) electrons. The van der Waals surface area contributed by atoms with Gasteiger partial charge in [0.25, 0.3) is 0 Å². The summed E-state index contributed by atoms with van der Waals surface area (Å²) in [5.74, 6) is 0. The molecule has 0 aliphatic rings. The molecular weight excluding hydrogens is 156 g/mol. The van der Waals surface area contributed by atoms with Gasteiger partial charge in [0.05, 0.1) is 13.2 Å². The summed E-state index contributed by atoms with van der Waals surface area (Å²) in [4.78, 5) is 0. The molecule has 0 rings (SSSR count). The molecule has 0 aliphatic carbocycles. The van der Waals surface area contributed by atoms with Crippen LogP contribution in [0.5, 0.6) is 0 Å². The molecule has 4 heteroatoms. The van der Waals surface area contributed by atoms with E-state index >= 15 is 0 Å². The van der Waals surface area contributed by atoms with E-state index in [4.69, 9.17) is 26.2 Å². The Kier molecular flexibility index (Phi) is 4.99. The number of aliphatic hydroxyl groups is 1. The lowest BCUT2D eigenvalue weighted by molar-refractivity contribution is -0.134. The Labute approximate surface area is 65.9 Å². The summed E-state index contributed by atoms with van der Waals surface area (Å²) in [5, 5.41) is 7.25. The zero-order valence-electron chi connectivity index (χ0n) is 6.26. The second-order valence-electron chi connectivity index (χ2n) is 1.92. The van der Waals surface area contributed by atoms with Crippen molar-refractivity contribution in [3.8, 4) is 0 Å². The third-order valence-corrected chi connectivity index (χ3v) is 0.906. The van der Waals surface area contributed by atoms with Crippen LogP contribution in [0, 0.1) is 0 Å². The number of alkyl halides is 1. The molecule has 0 aliphatic heterocycles. The topological polar surface area (TPSA) is 38.7 Å². The molecule has 1 atom stereocenters. The normalized spacial score (nSPS) is 16.8. The average Bonchev–Trinajstić information content (AvgIpc) is 1.78. The summed E-state index contributed by atoms with van der Waals surface area (Å²) in [5.41, 5.74) is 0. The van der Waals surface area contributed by atoms with E-state index in [1.165, 1.54) is 6.92 Å². The van der Waals surface area contributed by atoms with Gasteiger partial charge in [-0.15, -0.1) is 0 Å². The van der Waals surface area contributed by atoms with Crippen LogP contribution in [0.25, 0.3) is 0 Å². The minimum absolute atomic E-state index is 0.310. The van der Waals surface area contributed by atoms with Crippen molar-refractivity contribution in [2.75, 3.05) is 19.8 Å². The van der Waals surface area contributed by atoms with Crippen molar-refractivity contribution in [1.82, 2.24) is 0 Å². The van der Waals surface area contributed by atoms with Gasteiger partial charge in [0.15, 0.2) is 0 Å². The van der Waals surface area contributed by atoms with Gasteiger partial charge < -0.3 is 14.6 Å². The molecule has 0 bridgehead atoms. The van der Waals surface area contributed by atoms with Crippen molar-refractivity contribution in [1.29, 1.82) is 0 Å². The minimum Gasteiger partial charge on any atom is -0.379 e. The predicted octanol–water partition coefficient (Wildman–Crippen LogP) is 0.944. The Morgan fingerprint density at radius 1 is 1.50 bits per heavy atom. The summed E-state index contributed by atoms with van der Waals surface area (Å²) in [6.07, 6.45) is 0. The Morgan fingerprint density at radius 3 is 2.50 bits per heavy atom. The maximum atomic E-state index is 8.80. The highest BCUT2D eigenvalue weighted by Crippen LogP contribution is 2.09. The van der Waals surface area contributed by atoms with Gasteiger partial charge in [-0.2, -0.15) is 0 Å². The monoisotopic (exact) mass is 168 g/mol. The first-order valence-corrected chi connectivity index (χ1v) is 3.57. The van der Waals surface area contributed by atoms with Gasteiger partial charge >= 0.3 is 0 Å². The summed E-state index contributed by atoms with van der Waals surface area (Å²) < 4.78 is 9.66. The van der Waals surface area contributed by atoms with Crippen LogP contribution in [0.4, 0.5) is 0 Å². The second kappa shape index (κ2) is 4.91. The molecule has 3 nitrogen and oxygen atoms in total. The van der Waals surface area contributed by atoms with Crippen LogP contribution in [0.1, 0.15) is 13.8 Å². The number of hydrogen-bond donors (Lipinski definition) is 1. The zero-order chi connectivity index (χ0) is 8.04. The van der Waals surface area contributed by atoms with Crippen LogP contribution in [-0.4, -0.2) is 30.2 Å². The van der Waals surface area contributed by atoms with Crippen LogP contribution in [0.2, 0.25) is 0 Å². The molecule has 1 unspecified atom stereocenters. The first kappa shape index (κ1) is 10.2. The van der Waals surface area contributed by atoms with Gasteiger partial charge in [0.1, 0.15) is 0 Å². The third kappa shape index (κ3) is 8.17. The Hall–Kier alpha value is 0.170. The Bertz CT molecular complexity index is 79.6. The summed E-state index contributed by atoms with van der Waals surface area (Å²) >= 11 is 5.29. The summed E-state index contributed by atoms with van der Waals surface area (Å²) in [6, 6.07) is 0. The second-order valence-corrected chi connectivity index (χ2v) is 2.62.